The van der Waals surface area contributed by atoms with E-state index >= 15 is 0 Å². The van der Waals surface area contributed by atoms with Gasteiger partial charge in [0.25, 0.3) is 0 Å². The van der Waals surface area contributed by atoms with E-state index in [0.717, 1.165) is 11.3 Å². The molecule has 0 bridgehead atoms. The van der Waals surface area contributed by atoms with E-state index in [1.54, 1.807) is 7.11 Å². The van der Waals surface area contributed by atoms with E-state index in [4.69, 9.17) is 15.6 Å². The molecule has 0 heterocycles. The zero-order chi connectivity index (χ0) is 12.1. The van der Waals surface area contributed by atoms with Crippen LogP contribution in [-0.2, 0) is 4.79 Å². The van der Waals surface area contributed by atoms with Crippen LogP contribution in [0.1, 0.15) is 5.56 Å². The van der Waals surface area contributed by atoms with Crippen molar-refractivity contribution in [1.29, 1.82) is 0 Å². The fraction of sp³-hybridized carbons (Fsp3) is 0.364. The number of hydrogen-bond donors (Lipinski definition) is 3. The van der Waals surface area contributed by atoms with Crippen molar-refractivity contribution in [2.45, 2.75) is 13.0 Å². The molecule has 0 radical (unpaired) electrons. The third-order valence-corrected chi connectivity index (χ3v) is 2.18. The first-order valence-electron chi connectivity index (χ1n) is 4.91. The van der Waals surface area contributed by atoms with E-state index in [1.165, 1.54) is 0 Å². The number of carboxylic acid groups (broad SMARTS) is 1. The second-order valence-corrected chi connectivity index (χ2v) is 3.53. The van der Waals surface area contributed by atoms with Crippen LogP contribution < -0.4 is 15.8 Å². The molecule has 0 spiro atoms. The summed E-state index contributed by atoms with van der Waals surface area (Å²) in [4.78, 5) is 10.5. The smallest absolute Gasteiger partial charge is 0.322 e. The molecule has 0 fully saturated rings. The van der Waals surface area contributed by atoms with Crippen molar-refractivity contribution in [2.75, 3.05) is 19.0 Å². The number of carboxylic acids is 1. The summed E-state index contributed by atoms with van der Waals surface area (Å²) in [5.41, 5.74) is 7.20. The fourth-order valence-electron chi connectivity index (χ4n) is 1.27. The van der Waals surface area contributed by atoms with Gasteiger partial charge in [-0.3, -0.25) is 4.79 Å². The summed E-state index contributed by atoms with van der Waals surface area (Å²) in [5, 5.41) is 11.6. The Morgan fingerprint density at radius 1 is 1.62 bits per heavy atom. The van der Waals surface area contributed by atoms with E-state index in [1.807, 2.05) is 25.1 Å². The molecule has 0 saturated heterocycles. The van der Waals surface area contributed by atoms with E-state index in [-0.39, 0.29) is 6.54 Å². The number of aryl methyl sites for hydroxylation is 1. The summed E-state index contributed by atoms with van der Waals surface area (Å²) in [7, 11) is 1.56. The Kier molecular flexibility index (Phi) is 4.13. The maximum Gasteiger partial charge on any atom is 0.322 e. The minimum Gasteiger partial charge on any atom is -0.495 e. The minimum absolute atomic E-state index is 0.162. The van der Waals surface area contributed by atoms with Crippen LogP contribution in [0.5, 0.6) is 5.75 Å². The number of carbonyl (C=O) groups is 1. The summed E-state index contributed by atoms with van der Waals surface area (Å²) in [6.45, 7) is 2.11. The lowest BCUT2D eigenvalue weighted by molar-refractivity contribution is -0.138. The molecule has 5 heteroatoms. The number of nitrogens with two attached hydrogens (primary N) is 1. The predicted octanol–water partition coefficient (Wildman–Crippen LogP) is 0.827. The van der Waals surface area contributed by atoms with E-state index in [0.29, 0.717) is 5.75 Å². The number of hydrogen-bond acceptors (Lipinski definition) is 4. The van der Waals surface area contributed by atoms with Gasteiger partial charge in [0, 0.05) is 6.54 Å². The van der Waals surface area contributed by atoms with Gasteiger partial charge in [-0.15, -0.1) is 0 Å². The van der Waals surface area contributed by atoms with Crippen molar-refractivity contribution in [3.05, 3.63) is 23.8 Å². The second-order valence-electron chi connectivity index (χ2n) is 3.53. The molecule has 1 rings (SSSR count). The molecule has 1 aromatic carbocycles. The summed E-state index contributed by atoms with van der Waals surface area (Å²) < 4.78 is 5.14. The lowest BCUT2D eigenvalue weighted by Crippen LogP contribution is -2.37. The number of benzene rings is 1. The first kappa shape index (κ1) is 12.3. The lowest BCUT2D eigenvalue weighted by Gasteiger charge is -2.13. The van der Waals surface area contributed by atoms with Gasteiger partial charge >= 0.3 is 5.97 Å². The Labute approximate surface area is 94.2 Å². The highest BCUT2D eigenvalue weighted by atomic mass is 16.5. The van der Waals surface area contributed by atoms with Crippen molar-refractivity contribution in [3.63, 3.8) is 0 Å². The Bertz CT molecular complexity index is 379. The Morgan fingerprint density at radius 3 is 2.88 bits per heavy atom. The Balaban J connectivity index is 2.72. The maximum atomic E-state index is 10.5. The molecule has 0 aliphatic carbocycles. The van der Waals surface area contributed by atoms with Crippen LogP contribution in [0, 0.1) is 6.92 Å². The predicted molar refractivity (Wildman–Crippen MR) is 61.8 cm³/mol. The van der Waals surface area contributed by atoms with Crippen molar-refractivity contribution < 1.29 is 14.6 Å². The van der Waals surface area contributed by atoms with Gasteiger partial charge in [-0.05, 0) is 24.6 Å². The topological polar surface area (TPSA) is 84.6 Å². The molecule has 1 unspecified atom stereocenters. The standard InChI is InChI=1S/C11H16N2O3/c1-7-3-4-10(16-2)9(5-7)13-6-8(12)11(14)15/h3-5,8,13H,6,12H2,1-2H3,(H,14,15). The Hall–Kier alpha value is -1.75. The second kappa shape index (κ2) is 5.37. The maximum absolute atomic E-state index is 10.5. The van der Waals surface area contributed by atoms with Gasteiger partial charge in [-0.1, -0.05) is 6.07 Å². The van der Waals surface area contributed by atoms with Crippen LogP contribution in [0.25, 0.3) is 0 Å². The highest BCUT2D eigenvalue weighted by Crippen LogP contribution is 2.24. The highest BCUT2D eigenvalue weighted by molar-refractivity contribution is 5.74. The summed E-state index contributed by atoms with van der Waals surface area (Å²) in [5.74, 6) is -0.359. The fourth-order valence-corrected chi connectivity index (χ4v) is 1.27. The van der Waals surface area contributed by atoms with Gasteiger partial charge in [-0.2, -0.15) is 0 Å². The summed E-state index contributed by atoms with van der Waals surface area (Å²) in [6.07, 6.45) is 0. The van der Waals surface area contributed by atoms with Crippen LogP contribution in [0.4, 0.5) is 5.69 Å². The zero-order valence-corrected chi connectivity index (χ0v) is 9.36. The van der Waals surface area contributed by atoms with E-state index < -0.39 is 12.0 Å². The van der Waals surface area contributed by atoms with Gasteiger partial charge < -0.3 is 20.9 Å². The van der Waals surface area contributed by atoms with Crippen LogP contribution in [0.15, 0.2) is 18.2 Å². The monoisotopic (exact) mass is 224 g/mol. The number of anilines is 1. The van der Waals surface area contributed by atoms with Crippen molar-refractivity contribution >= 4 is 11.7 Å². The van der Waals surface area contributed by atoms with Gasteiger partial charge in [0.2, 0.25) is 0 Å². The molecule has 0 saturated carbocycles. The van der Waals surface area contributed by atoms with E-state index in [9.17, 15) is 4.79 Å². The molecule has 1 atom stereocenters. The van der Waals surface area contributed by atoms with Crippen LogP contribution in [0.3, 0.4) is 0 Å². The molecular weight excluding hydrogens is 208 g/mol. The molecular formula is C11H16N2O3. The average Bonchev–Trinajstić information content (AvgIpc) is 2.25. The molecule has 5 nitrogen and oxygen atoms in total. The quantitative estimate of drug-likeness (QED) is 0.689. The van der Waals surface area contributed by atoms with Gasteiger partial charge in [0.05, 0.1) is 12.8 Å². The molecule has 1 aromatic rings. The van der Waals surface area contributed by atoms with Crippen molar-refractivity contribution in [3.8, 4) is 5.75 Å². The molecule has 0 aliphatic heterocycles. The number of nitrogens with one attached hydrogen (secondary N) is 1. The first-order valence-corrected chi connectivity index (χ1v) is 4.91. The number of rotatable bonds is 5. The molecule has 88 valence electrons. The van der Waals surface area contributed by atoms with Gasteiger partial charge in [0.1, 0.15) is 11.8 Å². The molecule has 0 aromatic heterocycles. The number of methoxy groups -OCH3 is 1. The normalized spacial score (nSPS) is 11.9. The molecule has 0 aliphatic rings. The lowest BCUT2D eigenvalue weighted by atomic mass is 10.2. The highest BCUT2D eigenvalue weighted by Gasteiger charge is 2.11. The van der Waals surface area contributed by atoms with Crippen molar-refractivity contribution in [1.82, 2.24) is 0 Å². The number of aliphatic carboxylic acids is 1. The summed E-state index contributed by atoms with van der Waals surface area (Å²) >= 11 is 0. The third kappa shape index (κ3) is 3.13. The molecule has 4 N–H and O–H groups in total. The largest absolute Gasteiger partial charge is 0.495 e. The molecule has 0 amide bonds. The van der Waals surface area contributed by atoms with Crippen LogP contribution in [0.2, 0.25) is 0 Å². The van der Waals surface area contributed by atoms with Gasteiger partial charge in [-0.25, -0.2) is 0 Å². The SMILES string of the molecule is COc1ccc(C)cc1NCC(N)C(=O)O. The number of ether oxygens (including phenoxy) is 1. The average molecular weight is 224 g/mol. The van der Waals surface area contributed by atoms with Crippen LogP contribution >= 0.6 is 0 Å². The zero-order valence-electron chi connectivity index (χ0n) is 9.36. The Morgan fingerprint density at radius 2 is 2.31 bits per heavy atom. The minimum atomic E-state index is -1.03. The van der Waals surface area contributed by atoms with Crippen LogP contribution in [-0.4, -0.2) is 30.8 Å². The summed E-state index contributed by atoms with van der Waals surface area (Å²) in [6, 6.07) is 4.70. The van der Waals surface area contributed by atoms with Gasteiger partial charge in [0.15, 0.2) is 0 Å². The van der Waals surface area contributed by atoms with E-state index in [2.05, 4.69) is 5.32 Å². The first-order chi connectivity index (χ1) is 7.54. The molecule has 16 heavy (non-hydrogen) atoms. The third-order valence-electron chi connectivity index (χ3n) is 2.18. The van der Waals surface area contributed by atoms with Crippen molar-refractivity contribution in [2.24, 2.45) is 5.73 Å².